The monoisotopic (exact) mass is 1210 g/mol. The Balaban J connectivity index is 0.774. The topological polar surface area (TPSA) is 40.6 Å². The maximum absolute atomic E-state index is 5.43. The van der Waals surface area contributed by atoms with Crippen molar-refractivity contribution in [2.75, 3.05) is 0 Å². The lowest BCUT2D eigenvalue weighted by Gasteiger charge is -2.22. The molecule has 95 heavy (non-hydrogen) atoms. The number of benzene rings is 14. The van der Waals surface area contributed by atoms with Crippen LogP contribution >= 0.6 is 0 Å². The smallest absolute Gasteiger partial charge is 0.160 e. The minimum atomic E-state index is -0.129. The molecule has 0 bridgehead atoms. The molecule has 0 amide bonds. The van der Waals surface area contributed by atoms with E-state index in [-0.39, 0.29) is 10.8 Å². The Morgan fingerprint density at radius 2 is 0.642 bits per heavy atom. The zero-order chi connectivity index (χ0) is 63.0. The van der Waals surface area contributed by atoms with Gasteiger partial charge in [0.15, 0.2) is 5.82 Å². The third-order valence-electron chi connectivity index (χ3n) is 21.5. The average molecular weight is 1210 g/mol. The maximum Gasteiger partial charge on any atom is 0.160 e. The largest absolute Gasteiger partial charge is 0.309 e. The summed E-state index contributed by atoms with van der Waals surface area (Å²) in [5.41, 5.74) is 29.4. The highest BCUT2D eigenvalue weighted by molar-refractivity contribution is 6.16. The SMILES string of the molecule is CC1(C)c2ccccc2-c2ccc(-n3c4ccccc4c4ccc(-c5ccc6c7ccc(-c8ccc9c%10ccccc%10n(-c%10ccc%11c(c%10)C(C)(C)c%10ccccc%10-%11)c9c8)cc7n(-c7ccc(-c8nc(-c9ccccc9)nc9ccc%10ccccc%10c89)cc7)c6c5)cc43)cc21. The van der Waals surface area contributed by atoms with Crippen LogP contribution in [0.25, 0.3) is 171 Å². The van der Waals surface area contributed by atoms with Crippen molar-refractivity contribution in [3.05, 3.63) is 320 Å². The Labute approximate surface area is 549 Å². The lowest BCUT2D eigenvalue weighted by Crippen LogP contribution is -2.15. The summed E-state index contributed by atoms with van der Waals surface area (Å²) in [4.78, 5) is 10.6. The molecule has 0 atom stereocenters. The van der Waals surface area contributed by atoms with Crippen LogP contribution in [0.15, 0.2) is 297 Å². The van der Waals surface area contributed by atoms with E-state index < -0.39 is 0 Å². The molecule has 0 N–H and O–H groups in total. The van der Waals surface area contributed by atoms with Gasteiger partial charge >= 0.3 is 0 Å². The normalized spacial score (nSPS) is 13.6. The minimum absolute atomic E-state index is 0.129. The van der Waals surface area contributed by atoms with Gasteiger partial charge in [-0.25, -0.2) is 9.97 Å². The highest BCUT2D eigenvalue weighted by Crippen LogP contribution is 2.52. The summed E-state index contributed by atoms with van der Waals surface area (Å²) in [7, 11) is 0. The summed E-state index contributed by atoms with van der Waals surface area (Å²) in [5.74, 6) is 0.705. The standard InChI is InChI=1S/C90H61N5/c1-89(2)75-26-14-10-22-65(75)67-45-39-62(52-77(67)89)94-80-28-16-12-24-69(80)71-41-32-59(50-84(71)94)57-34-43-73-74-44-35-58(60-33-42-72-70-25-13-17-29-81(70)95(85(72)51-60)63-40-46-68-66-23-11-15-27-76(66)90(3,4)78(68)53-63)49-83(74)93(82(73)48-57)61-37-30-55(31-38-61)87-86-64-21-9-8-18-54(64)36-47-79(86)91-88(92-87)56-19-6-5-7-20-56/h5-53H,1-4H3. The van der Waals surface area contributed by atoms with Crippen molar-refractivity contribution in [2.24, 2.45) is 0 Å². The molecule has 446 valence electrons. The first-order valence-electron chi connectivity index (χ1n) is 33.1. The molecule has 0 saturated heterocycles. The van der Waals surface area contributed by atoms with E-state index in [1.807, 2.05) is 6.07 Å². The number of para-hydroxylation sites is 2. The Hall–Kier alpha value is -11.9. The summed E-state index contributed by atoms with van der Waals surface area (Å²) >= 11 is 0. The Kier molecular flexibility index (Phi) is 11.2. The van der Waals surface area contributed by atoms with E-state index >= 15 is 0 Å². The van der Waals surface area contributed by atoms with Crippen LogP contribution in [0.5, 0.6) is 0 Å². The molecule has 0 radical (unpaired) electrons. The molecule has 0 unspecified atom stereocenters. The van der Waals surface area contributed by atoms with Gasteiger partial charge in [0.1, 0.15) is 0 Å². The second-order valence-electron chi connectivity index (χ2n) is 27.3. The first-order chi connectivity index (χ1) is 46.6. The maximum atomic E-state index is 5.43. The lowest BCUT2D eigenvalue weighted by molar-refractivity contribution is 0.660. The van der Waals surface area contributed by atoms with Crippen LogP contribution in [0.3, 0.4) is 0 Å². The molecular weight excluding hydrogens is 1150 g/mol. The molecule has 0 saturated carbocycles. The van der Waals surface area contributed by atoms with Crippen molar-refractivity contribution in [2.45, 2.75) is 38.5 Å². The van der Waals surface area contributed by atoms with E-state index in [0.29, 0.717) is 5.82 Å². The number of rotatable bonds is 7. The van der Waals surface area contributed by atoms with Crippen LogP contribution in [0.2, 0.25) is 0 Å². The van der Waals surface area contributed by atoms with Crippen molar-refractivity contribution in [1.29, 1.82) is 0 Å². The number of hydrogen-bond acceptors (Lipinski definition) is 2. The second kappa shape index (κ2) is 19.8. The molecule has 2 aliphatic carbocycles. The number of aromatic nitrogens is 5. The molecular formula is C90H61N5. The highest BCUT2D eigenvalue weighted by atomic mass is 15.0. The summed E-state index contributed by atoms with van der Waals surface area (Å²) < 4.78 is 7.46. The summed E-state index contributed by atoms with van der Waals surface area (Å²) in [5, 5.41) is 10.7. The van der Waals surface area contributed by atoms with Crippen LogP contribution < -0.4 is 0 Å². The quantitative estimate of drug-likeness (QED) is 0.149. The van der Waals surface area contributed by atoms with E-state index in [1.165, 1.54) is 110 Å². The molecule has 4 heterocycles. The second-order valence-corrected chi connectivity index (χ2v) is 27.3. The van der Waals surface area contributed by atoms with Crippen molar-refractivity contribution < 1.29 is 0 Å². The van der Waals surface area contributed by atoms with E-state index in [9.17, 15) is 0 Å². The van der Waals surface area contributed by atoms with Gasteiger partial charge < -0.3 is 13.7 Å². The molecule has 14 aromatic carbocycles. The van der Waals surface area contributed by atoms with Gasteiger partial charge in [0.2, 0.25) is 0 Å². The van der Waals surface area contributed by atoms with E-state index in [2.05, 4.69) is 333 Å². The third-order valence-corrected chi connectivity index (χ3v) is 21.5. The average Bonchev–Trinajstić information content (AvgIpc) is 1.64. The molecule has 5 nitrogen and oxygen atoms in total. The van der Waals surface area contributed by atoms with Gasteiger partial charge in [-0.2, -0.15) is 0 Å². The fraction of sp³-hybridized carbons (Fsp3) is 0.0667. The summed E-state index contributed by atoms with van der Waals surface area (Å²) in [6.07, 6.45) is 0. The summed E-state index contributed by atoms with van der Waals surface area (Å²) in [6.45, 7) is 9.48. The molecule has 20 rings (SSSR count). The van der Waals surface area contributed by atoms with Gasteiger partial charge in [-0.3, -0.25) is 0 Å². The van der Waals surface area contributed by atoms with Crippen LogP contribution in [-0.4, -0.2) is 23.7 Å². The van der Waals surface area contributed by atoms with Gasteiger partial charge in [-0.15, -0.1) is 0 Å². The summed E-state index contributed by atoms with van der Waals surface area (Å²) in [6, 6.07) is 111. The first kappa shape index (κ1) is 53.7. The van der Waals surface area contributed by atoms with Crippen molar-refractivity contribution in [1.82, 2.24) is 23.7 Å². The van der Waals surface area contributed by atoms with Gasteiger partial charge in [0.25, 0.3) is 0 Å². The predicted molar refractivity (Wildman–Crippen MR) is 397 cm³/mol. The van der Waals surface area contributed by atoms with Crippen LogP contribution in [0.4, 0.5) is 0 Å². The molecule has 2 aliphatic rings. The number of fused-ring (bicyclic) bond motifs is 18. The van der Waals surface area contributed by atoms with Crippen LogP contribution in [-0.2, 0) is 10.8 Å². The molecule has 0 fully saturated rings. The Bertz CT molecular complexity index is 6050. The Morgan fingerprint density at radius 3 is 1.15 bits per heavy atom. The van der Waals surface area contributed by atoms with E-state index in [4.69, 9.17) is 9.97 Å². The molecule has 4 aromatic heterocycles. The minimum Gasteiger partial charge on any atom is -0.309 e. The fourth-order valence-corrected chi connectivity index (χ4v) is 16.8. The third kappa shape index (κ3) is 7.78. The fourth-order valence-electron chi connectivity index (χ4n) is 16.8. The van der Waals surface area contributed by atoms with Gasteiger partial charge in [-0.1, -0.05) is 246 Å². The Morgan fingerprint density at radius 1 is 0.253 bits per heavy atom. The molecule has 18 aromatic rings. The predicted octanol–water partition coefficient (Wildman–Crippen LogP) is 23.4. The van der Waals surface area contributed by atoms with Crippen molar-refractivity contribution in [3.63, 3.8) is 0 Å². The van der Waals surface area contributed by atoms with Crippen molar-refractivity contribution >= 4 is 87.1 Å². The van der Waals surface area contributed by atoms with Crippen LogP contribution in [0.1, 0.15) is 49.9 Å². The van der Waals surface area contributed by atoms with Crippen molar-refractivity contribution in [3.8, 4) is 84.2 Å². The van der Waals surface area contributed by atoms with Crippen LogP contribution in [0, 0.1) is 0 Å². The van der Waals surface area contributed by atoms with E-state index in [1.54, 1.807) is 0 Å². The molecule has 5 heteroatoms. The number of hydrogen-bond donors (Lipinski definition) is 0. The first-order valence-corrected chi connectivity index (χ1v) is 33.1. The lowest BCUT2D eigenvalue weighted by atomic mass is 9.82. The van der Waals surface area contributed by atoms with Gasteiger partial charge in [-0.05, 0) is 156 Å². The molecule has 0 aliphatic heterocycles. The van der Waals surface area contributed by atoms with Gasteiger partial charge in [0.05, 0.1) is 44.3 Å². The molecule has 0 spiro atoms. The highest BCUT2D eigenvalue weighted by Gasteiger charge is 2.37. The van der Waals surface area contributed by atoms with Gasteiger partial charge in [0, 0.05) is 76.7 Å². The van der Waals surface area contributed by atoms with E-state index in [0.717, 1.165) is 77.5 Å². The zero-order valence-electron chi connectivity index (χ0n) is 53.0. The zero-order valence-corrected chi connectivity index (χ0v) is 53.0. The number of nitrogens with zero attached hydrogens (tertiary/aromatic N) is 5.